The number of hydrogen-bond acceptors (Lipinski definition) is 10. The van der Waals surface area contributed by atoms with E-state index in [9.17, 15) is 23.6 Å². The predicted molar refractivity (Wildman–Crippen MR) is 210 cm³/mol. The molecule has 1 aliphatic rings. The highest BCUT2D eigenvalue weighted by atomic mass is 33.1. The third-order valence-electron chi connectivity index (χ3n) is 9.36. The summed E-state index contributed by atoms with van der Waals surface area (Å²) in [6.07, 6.45) is 4.23. The van der Waals surface area contributed by atoms with Gasteiger partial charge in [0.05, 0.1) is 5.92 Å². The lowest BCUT2D eigenvalue weighted by molar-refractivity contribution is -0.148. The van der Waals surface area contributed by atoms with Crippen LogP contribution in [0.3, 0.4) is 0 Å². The first-order chi connectivity index (χ1) is 25.4. The molecule has 5 atom stereocenters. The molecule has 1 aliphatic carbocycles. The second kappa shape index (κ2) is 20.8. The molecule has 0 bridgehead atoms. The van der Waals surface area contributed by atoms with E-state index >= 15 is 0 Å². The lowest BCUT2D eigenvalue weighted by atomic mass is 9.79. The SMILES string of the molecule is CCCN(C(=O)C[C@@H](C)CC)C(C[C@@H](OC(C)=O)c1nc(C(=O)N[C@H]2Cc3ccc(F)cc3[C@H](C(=O)NCCSSc3ccccn3)C2)cs1)C(C)C. The molecule has 1 unspecified atom stereocenters. The van der Waals surface area contributed by atoms with E-state index in [1.807, 2.05) is 30.0 Å². The van der Waals surface area contributed by atoms with Crippen molar-refractivity contribution >= 4 is 56.6 Å². The van der Waals surface area contributed by atoms with Crippen molar-refractivity contribution in [2.75, 3.05) is 18.8 Å². The van der Waals surface area contributed by atoms with E-state index in [4.69, 9.17) is 4.74 Å². The molecule has 0 saturated carbocycles. The number of hydrogen-bond donors (Lipinski definition) is 2. The van der Waals surface area contributed by atoms with E-state index in [1.165, 1.54) is 41.2 Å². The van der Waals surface area contributed by atoms with Crippen LogP contribution in [-0.2, 0) is 25.5 Å². The fourth-order valence-corrected chi connectivity index (χ4v) is 9.11. The van der Waals surface area contributed by atoms with E-state index in [1.54, 1.807) is 28.4 Å². The van der Waals surface area contributed by atoms with Crippen LogP contribution >= 0.6 is 32.9 Å². The van der Waals surface area contributed by atoms with Gasteiger partial charge in [-0.25, -0.2) is 14.4 Å². The Hall–Kier alpha value is -3.49. The van der Waals surface area contributed by atoms with Crippen LogP contribution in [-0.4, -0.2) is 69.5 Å². The lowest BCUT2D eigenvalue weighted by Crippen LogP contribution is -2.45. The molecule has 1 aromatic carbocycles. The van der Waals surface area contributed by atoms with E-state index in [0.29, 0.717) is 55.1 Å². The molecule has 3 aromatic rings. The van der Waals surface area contributed by atoms with Gasteiger partial charge in [-0.3, -0.25) is 19.2 Å². The number of carbonyl (C=O) groups is 4. The monoisotopic (exact) mass is 785 g/mol. The number of aromatic nitrogens is 2. The molecule has 0 fully saturated rings. The van der Waals surface area contributed by atoms with Crippen LogP contribution < -0.4 is 10.6 Å². The minimum atomic E-state index is -0.743. The van der Waals surface area contributed by atoms with Crippen molar-refractivity contribution in [1.82, 2.24) is 25.5 Å². The highest BCUT2D eigenvalue weighted by Crippen LogP contribution is 2.35. The summed E-state index contributed by atoms with van der Waals surface area (Å²) in [4.78, 5) is 63.7. The average Bonchev–Trinajstić information content (AvgIpc) is 3.63. The number of amides is 3. The van der Waals surface area contributed by atoms with E-state index in [2.05, 4.69) is 48.3 Å². The summed E-state index contributed by atoms with van der Waals surface area (Å²) in [6.45, 7) is 12.7. The molecular weight excluding hydrogens is 734 g/mol. The summed E-state index contributed by atoms with van der Waals surface area (Å²) in [7, 11) is 3.11. The molecule has 2 heterocycles. The number of nitrogens with one attached hydrogen (secondary N) is 2. The van der Waals surface area contributed by atoms with Crippen LogP contribution in [0.25, 0.3) is 0 Å². The van der Waals surface area contributed by atoms with Crippen molar-refractivity contribution in [2.24, 2.45) is 11.8 Å². The van der Waals surface area contributed by atoms with Crippen LogP contribution in [0.5, 0.6) is 0 Å². The van der Waals surface area contributed by atoms with Crippen molar-refractivity contribution in [2.45, 2.75) is 109 Å². The van der Waals surface area contributed by atoms with Gasteiger partial charge in [0, 0.05) is 62.3 Å². The number of ether oxygens (including phenoxy) is 1. The minimum Gasteiger partial charge on any atom is -0.455 e. The number of benzene rings is 1. The van der Waals surface area contributed by atoms with Crippen molar-refractivity contribution in [3.8, 4) is 0 Å². The standard InChI is InChI=1S/C39H52FN5O5S3/c1-7-16-45(36(47)18-25(5)8-2)33(24(3)4)22-34(50-26(6)46)39-44-32(23-51-39)38(49)43-29-19-27-12-13-28(40)20-30(27)31(21-29)37(48)42-15-17-52-53-35-11-9-10-14-41-35/h9-14,20,23-25,29,31,33-34H,7-8,15-19,21-22H2,1-6H3,(H,42,48)(H,43,49)/t25-,29-,31+,33?,34+/m0/s1. The van der Waals surface area contributed by atoms with Crippen molar-refractivity contribution in [1.29, 1.82) is 0 Å². The largest absolute Gasteiger partial charge is 0.455 e. The Morgan fingerprint density at radius 2 is 1.92 bits per heavy atom. The highest BCUT2D eigenvalue weighted by Gasteiger charge is 2.35. The highest BCUT2D eigenvalue weighted by molar-refractivity contribution is 8.76. The molecule has 53 heavy (non-hydrogen) atoms. The van der Waals surface area contributed by atoms with Crippen molar-refractivity contribution in [3.63, 3.8) is 0 Å². The number of esters is 1. The molecule has 10 nitrogen and oxygen atoms in total. The van der Waals surface area contributed by atoms with Gasteiger partial charge in [0.1, 0.15) is 21.5 Å². The third kappa shape index (κ3) is 12.5. The van der Waals surface area contributed by atoms with Gasteiger partial charge in [0.15, 0.2) is 6.10 Å². The van der Waals surface area contributed by atoms with Gasteiger partial charge >= 0.3 is 5.97 Å². The molecular formula is C39H52FN5O5S3. The Morgan fingerprint density at radius 1 is 1.13 bits per heavy atom. The minimum absolute atomic E-state index is 0.0836. The average molecular weight is 786 g/mol. The Bertz CT molecular complexity index is 1680. The molecule has 2 N–H and O–H groups in total. The van der Waals surface area contributed by atoms with Crippen LogP contribution in [0.2, 0.25) is 0 Å². The molecule has 0 saturated heterocycles. The van der Waals surface area contributed by atoms with Crippen LogP contribution in [0.15, 0.2) is 53.0 Å². The first kappa shape index (κ1) is 42.3. The molecule has 0 aliphatic heterocycles. The summed E-state index contributed by atoms with van der Waals surface area (Å²) < 4.78 is 20.1. The van der Waals surface area contributed by atoms with Crippen LogP contribution in [0.1, 0.15) is 112 Å². The predicted octanol–water partition coefficient (Wildman–Crippen LogP) is 7.76. The molecule has 0 radical (unpaired) electrons. The van der Waals surface area contributed by atoms with Gasteiger partial charge in [0.2, 0.25) is 11.8 Å². The maximum atomic E-state index is 14.4. The molecule has 2 aromatic heterocycles. The van der Waals surface area contributed by atoms with Crippen molar-refractivity contribution < 1.29 is 28.3 Å². The molecule has 14 heteroatoms. The first-order valence-corrected chi connectivity index (χ1v) is 21.6. The summed E-state index contributed by atoms with van der Waals surface area (Å²) in [5, 5.41) is 9.04. The maximum absolute atomic E-state index is 14.4. The van der Waals surface area contributed by atoms with E-state index < -0.39 is 35.8 Å². The zero-order valence-electron chi connectivity index (χ0n) is 31.4. The van der Waals surface area contributed by atoms with Gasteiger partial charge < -0.3 is 20.3 Å². The number of pyridine rings is 1. The third-order valence-corrected chi connectivity index (χ3v) is 12.6. The van der Waals surface area contributed by atoms with Gasteiger partial charge in [0.25, 0.3) is 5.91 Å². The summed E-state index contributed by atoms with van der Waals surface area (Å²) in [5.41, 5.74) is 1.61. The Kier molecular flexibility index (Phi) is 16.6. The Balaban J connectivity index is 1.44. The topological polar surface area (TPSA) is 131 Å². The van der Waals surface area contributed by atoms with Gasteiger partial charge in [-0.1, -0.05) is 64.0 Å². The van der Waals surface area contributed by atoms with Crippen molar-refractivity contribution in [3.05, 3.63) is 75.6 Å². The normalized spacial score (nSPS) is 17.0. The number of carbonyl (C=O) groups excluding carboxylic acids is 4. The van der Waals surface area contributed by atoms with Crippen LogP contribution in [0.4, 0.5) is 4.39 Å². The lowest BCUT2D eigenvalue weighted by Gasteiger charge is -2.36. The Labute approximate surface area is 324 Å². The fraction of sp³-hybridized carbons (Fsp3) is 0.538. The number of nitrogens with zero attached hydrogens (tertiary/aromatic N) is 3. The second-order valence-electron chi connectivity index (χ2n) is 13.9. The quantitative estimate of drug-likeness (QED) is 0.0712. The number of halogens is 1. The number of rotatable bonds is 19. The summed E-state index contributed by atoms with van der Waals surface area (Å²) in [5.74, 6) is -1.09. The number of thiazole rings is 1. The molecule has 0 spiro atoms. The number of fused-ring (bicyclic) bond motifs is 1. The Morgan fingerprint density at radius 3 is 2.60 bits per heavy atom. The molecule has 3 amide bonds. The maximum Gasteiger partial charge on any atom is 0.303 e. The first-order valence-electron chi connectivity index (χ1n) is 18.4. The molecule has 288 valence electrons. The summed E-state index contributed by atoms with van der Waals surface area (Å²) in [6, 6.07) is 9.56. The smallest absolute Gasteiger partial charge is 0.303 e. The van der Waals surface area contributed by atoms with Gasteiger partial charge in [-0.2, -0.15) is 0 Å². The summed E-state index contributed by atoms with van der Waals surface area (Å²) >= 11 is 1.23. The van der Waals surface area contributed by atoms with Gasteiger partial charge in [-0.15, -0.1) is 11.3 Å². The second-order valence-corrected chi connectivity index (χ2v) is 17.2. The van der Waals surface area contributed by atoms with E-state index in [0.717, 1.165) is 23.4 Å². The zero-order valence-corrected chi connectivity index (χ0v) is 33.9. The zero-order chi connectivity index (χ0) is 38.5. The van der Waals surface area contributed by atoms with Crippen LogP contribution in [0, 0.1) is 17.7 Å². The van der Waals surface area contributed by atoms with Gasteiger partial charge in [-0.05, 0) is 77.3 Å². The fourth-order valence-electron chi connectivity index (χ4n) is 6.49. The molecule has 4 rings (SSSR count). The van der Waals surface area contributed by atoms with E-state index in [-0.39, 0.29) is 35.4 Å².